The zero-order valence-electron chi connectivity index (χ0n) is 19.9. The third-order valence-corrected chi connectivity index (χ3v) is 5.15. The Kier molecular flexibility index (Phi) is 12.9. The van der Waals surface area contributed by atoms with Crippen LogP contribution in [-0.2, 0) is 9.59 Å². The second kappa shape index (κ2) is 13.9. The van der Waals surface area contributed by atoms with E-state index < -0.39 is 12.0 Å². The number of carbonyl (C=O) groups excluding carboxylic acids is 1. The molecule has 0 saturated carbocycles. The van der Waals surface area contributed by atoms with Crippen LogP contribution in [0.15, 0.2) is 58.7 Å². The smallest absolute Gasteiger partial charge is 0.320 e. The Morgan fingerprint density at radius 1 is 1.17 bits per heavy atom. The highest BCUT2D eigenvalue weighted by Gasteiger charge is 2.26. The van der Waals surface area contributed by atoms with Gasteiger partial charge in [-0.1, -0.05) is 69.2 Å². The quantitative estimate of drug-likeness (QED) is 0.282. The van der Waals surface area contributed by atoms with Crippen LogP contribution in [0.4, 0.5) is 0 Å². The number of carbonyl (C=O) groups is 2. The van der Waals surface area contributed by atoms with E-state index in [9.17, 15) is 9.59 Å². The van der Waals surface area contributed by atoms with Crippen molar-refractivity contribution in [2.24, 2.45) is 17.1 Å². The molecule has 0 fully saturated rings. The minimum Gasteiger partial charge on any atom is -0.480 e. The molecule has 0 aromatic rings. The van der Waals surface area contributed by atoms with Crippen molar-refractivity contribution in [1.29, 1.82) is 0 Å². The molecule has 0 heterocycles. The number of aldehydes is 1. The van der Waals surface area contributed by atoms with E-state index in [2.05, 4.69) is 45.9 Å². The van der Waals surface area contributed by atoms with Crippen molar-refractivity contribution in [1.82, 2.24) is 0 Å². The van der Waals surface area contributed by atoms with Crippen LogP contribution in [0.5, 0.6) is 0 Å². The van der Waals surface area contributed by atoms with Gasteiger partial charge in [0.05, 0.1) is 0 Å². The van der Waals surface area contributed by atoms with Crippen LogP contribution in [0.3, 0.4) is 0 Å². The van der Waals surface area contributed by atoms with Crippen molar-refractivity contribution < 1.29 is 14.7 Å². The Morgan fingerprint density at radius 2 is 1.77 bits per heavy atom. The fourth-order valence-corrected chi connectivity index (χ4v) is 3.40. The molecule has 1 aliphatic rings. The van der Waals surface area contributed by atoms with Crippen molar-refractivity contribution in [2.75, 3.05) is 0 Å². The van der Waals surface area contributed by atoms with Gasteiger partial charge >= 0.3 is 5.97 Å². The molecule has 0 bridgehead atoms. The molecule has 1 unspecified atom stereocenters. The van der Waals surface area contributed by atoms with Gasteiger partial charge in [-0.25, -0.2) is 0 Å². The predicted molar refractivity (Wildman–Crippen MR) is 127 cm³/mol. The molecule has 0 aromatic carbocycles. The summed E-state index contributed by atoms with van der Waals surface area (Å²) in [5.74, 6) is -0.556. The molecule has 1 rings (SSSR count). The molecule has 30 heavy (non-hydrogen) atoms. The first kappa shape index (κ1) is 27.8. The van der Waals surface area contributed by atoms with Gasteiger partial charge in [-0.3, -0.25) is 9.59 Å². The highest BCUT2D eigenvalue weighted by molar-refractivity contribution is 5.73. The van der Waals surface area contributed by atoms with Gasteiger partial charge in [-0.2, -0.15) is 0 Å². The average Bonchev–Trinajstić information content (AvgIpc) is 2.61. The maximum Gasteiger partial charge on any atom is 0.320 e. The first-order valence-electron chi connectivity index (χ1n) is 10.7. The summed E-state index contributed by atoms with van der Waals surface area (Å²) in [6.45, 7) is 14.8. The standard InChI is InChI=1S/C20H28O.C6H13NO2/c1-16(8-6-9-17(2)13-15-21)11-12-19-18(3)10-7-14-20(19,4)5;1-4(2)3-5(7)6(8)9/h6,8-9,11-13,15H,7,10,14H2,1-5H3;4-5H,3,7H2,1-2H3,(H,8,9)/b9-6+,12-11+,16-8+,17-13+;. The molecule has 0 saturated heterocycles. The van der Waals surface area contributed by atoms with Crippen molar-refractivity contribution in [3.63, 3.8) is 0 Å². The normalized spacial score (nSPS) is 18.6. The van der Waals surface area contributed by atoms with E-state index in [1.165, 1.54) is 36.0 Å². The molecule has 1 aliphatic carbocycles. The second-order valence-corrected chi connectivity index (χ2v) is 9.16. The maximum atomic E-state index is 10.3. The van der Waals surface area contributed by atoms with E-state index in [1.807, 2.05) is 32.9 Å². The minimum atomic E-state index is -0.913. The molecule has 0 spiro atoms. The molecule has 3 N–H and O–H groups in total. The fraction of sp³-hybridized carbons (Fsp3) is 0.538. The van der Waals surface area contributed by atoms with Gasteiger partial charge in [0, 0.05) is 0 Å². The lowest BCUT2D eigenvalue weighted by molar-refractivity contribution is -0.138. The van der Waals surface area contributed by atoms with Crippen LogP contribution < -0.4 is 5.73 Å². The summed E-state index contributed by atoms with van der Waals surface area (Å²) in [5, 5.41) is 8.31. The number of hydrogen-bond donors (Lipinski definition) is 2. The van der Waals surface area contributed by atoms with Gasteiger partial charge in [-0.05, 0) is 75.0 Å². The van der Waals surface area contributed by atoms with Crippen LogP contribution in [-0.4, -0.2) is 23.4 Å². The zero-order chi connectivity index (χ0) is 23.3. The van der Waals surface area contributed by atoms with E-state index >= 15 is 0 Å². The summed E-state index contributed by atoms with van der Waals surface area (Å²) >= 11 is 0. The van der Waals surface area contributed by atoms with E-state index in [0.717, 1.165) is 11.9 Å². The Labute approximate surface area is 183 Å². The van der Waals surface area contributed by atoms with Crippen LogP contribution in [0.1, 0.15) is 74.1 Å². The van der Waals surface area contributed by atoms with E-state index in [0.29, 0.717) is 12.3 Å². The predicted octanol–water partition coefficient (Wildman–Crippen LogP) is 6.16. The molecule has 0 aromatic heterocycles. The van der Waals surface area contributed by atoms with Crippen LogP contribution >= 0.6 is 0 Å². The zero-order valence-corrected chi connectivity index (χ0v) is 19.9. The lowest BCUT2D eigenvalue weighted by Gasteiger charge is -2.32. The topological polar surface area (TPSA) is 80.4 Å². The van der Waals surface area contributed by atoms with Gasteiger partial charge in [0.1, 0.15) is 12.3 Å². The van der Waals surface area contributed by atoms with Crippen molar-refractivity contribution in [2.45, 2.75) is 80.2 Å². The number of rotatable bonds is 8. The number of carboxylic acids is 1. The Hall–Kier alpha value is -2.20. The molecular weight excluding hydrogens is 374 g/mol. The Morgan fingerprint density at radius 3 is 2.23 bits per heavy atom. The van der Waals surface area contributed by atoms with Crippen molar-refractivity contribution in [3.05, 3.63) is 58.7 Å². The SMILES string of the molecule is CC(C)CC(N)C(=O)O.CC1=C(/C=C/C(C)=C/C=C/C(C)=C/C=O)C(C)(C)CCC1. The third-order valence-electron chi connectivity index (χ3n) is 5.15. The summed E-state index contributed by atoms with van der Waals surface area (Å²) in [7, 11) is 0. The van der Waals surface area contributed by atoms with Crippen LogP contribution in [0, 0.1) is 11.3 Å². The highest BCUT2D eigenvalue weighted by Crippen LogP contribution is 2.40. The minimum absolute atomic E-state index is 0.290. The summed E-state index contributed by atoms with van der Waals surface area (Å²) in [5.41, 5.74) is 10.7. The molecule has 4 heteroatoms. The molecular formula is C26H41NO3. The summed E-state index contributed by atoms with van der Waals surface area (Å²) in [6.07, 6.45) is 17.2. The highest BCUT2D eigenvalue weighted by atomic mass is 16.4. The van der Waals surface area contributed by atoms with E-state index in [-0.39, 0.29) is 5.41 Å². The monoisotopic (exact) mass is 415 g/mol. The number of hydrogen-bond acceptors (Lipinski definition) is 3. The summed E-state index contributed by atoms with van der Waals surface area (Å²) in [4.78, 5) is 20.4. The fourth-order valence-electron chi connectivity index (χ4n) is 3.40. The molecule has 0 amide bonds. The van der Waals surface area contributed by atoms with Gasteiger partial charge in [0.25, 0.3) is 0 Å². The number of carboxylic acid groups (broad SMARTS) is 1. The third kappa shape index (κ3) is 11.7. The van der Waals surface area contributed by atoms with Gasteiger partial charge in [0.15, 0.2) is 0 Å². The second-order valence-electron chi connectivity index (χ2n) is 9.16. The largest absolute Gasteiger partial charge is 0.480 e. The van der Waals surface area contributed by atoms with Crippen LogP contribution in [0.25, 0.3) is 0 Å². The maximum absolute atomic E-state index is 10.3. The lowest BCUT2D eigenvalue weighted by atomic mass is 9.72. The Bertz CT molecular complexity index is 719. The number of nitrogens with two attached hydrogens (primary N) is 1. The molecule has 168 valence electrons. The van der Waals surface area contributed by atoms with E-state index in [1.54, 1.807) is 6.08 Å². The summed E-state index contributed by atoms with van der Waals surface area (Å²) < 4.78 is 0. The van der Waals surface area contributed by atoms with E-state index in [4.69, 9.17) is 10.8 Å². The average molecular weight is 416 g/mol. The van der Waals surface area contributed by atoms with Gasteiger partial charge in [0.2, 0.25) is 0 Å². The summed E-state index contributed by atoms with van der Waals surface area (Å²) in [6, 6.07) is -0.690. The molecule has 0 radical (unpaired) electrons. The van der Waals surface area contributed by atoms with Crippen molar-refractivity contribution >= 4 is 12.3 Å². The lowest BCUT2D eigenvalue weighted by Crippen LogP contribution is -2.31. The van der Waals surface area contributed by atoms with Crippen LogP contribution in [0.2, 0.25) is 0 Å². The first-order chi connectivity index (χ1) is 13.9. The number of aliphatic carboxylic acids is 1. The van der Waals surface area contributed by atoms with Gasteiger partial charge in [-0.15, -0.1) is 0 Å². The molecule has 1 atom stereocenters. The molecule has 4 nitrogen and oxygen atoms in total. The van der Waals surface area contributed by atoms with Gasteiger partial charge < -0.3 is 10.8 Å². The Balaban J connectivity index is 0.000000787. The number of allylic oxidation sites excluding steroid dienone is 10. The van der Waals surface area contributed by atoms with Crippen molar-refractivity contribution in [3.8, 4) is 0 Å². The first-order valence-corrected chi connectivity index (χ1v) is 10.7. The molecule has 0 aliphatic heterocycles.